The van der Waals surface area contributed by atoms with E-state index in [0.717, 1.165) is 18.8 Å². The molecule has 0 spiro atoms. The highest BCUT2D eigenvalue weighted by molar-refractivity contribution is 7.89. The van der Waals surface area contributed by atoms with Gasteiger partial charge in [0, 0.05) is 50.0 Å². The zero-order chi connectivity index (χ0) is 25.8. The van der Waals surface area contributed by atoms with Crippen molar-refractivity contribution in [2.75, 3.05) is 43.9 Å². The van der Waals surface area contributed by atoms with Crippen LogP contribution in [0.1, 0.15) is 5.69 Å². The van der Waals surface area contributed by atoms with Crippen LogP contribution in [-0.2, 0) is 10.0 Å². The number of nitrogens with one attached hydrogen (secondary N) is 2. The number of anilines is 4. The highest BCUT2D eigenvalue weighted by Gasteiger charge is 2.27. The molecular formula is C25H27N9O2S. The molecule has 37 heavy (non-hydrogen) atoms. The molecule has 11 nitrogen and oxygen atoms in total. The second-order valence-electron chi connectivity index (χ2n) is 8.68. The van der Waals surface area contributed by atoms with Gasteiger partial charge in [0.1, 0.15) is 17.3 Å². The van der Waals surface area contributed by atoms with E-state index in [4.69, 9.17) is 0 Å². The molecule has 0 saturated carbocycles. The number of piperazine rings is 1. The number of rotatable bonds is 7. The van der Waals surface area contributed by atoms with Crippen molar-refractivity contribution in [3.8, 4) is 11.5 Å². The fourth-order valence-corrected chi connectivity index (χ4v) is 5.28. The maximum absolute atomic E-state index is 13.0. The van der Waals surface area contributed by atoms with Gasteiger partial charge in [-0.15, -0.1) is 0 Å². The predicted molar refractivity (Wildman–Crippen MR) is 141 cm³/mol. The van der Waals surface area contributed by atoms with Crippen LogP contribution in [0.3, 0.4) is 0 Å². The summed E-state index contributed by atoms with van der Waals surface area (Å²) in [7, 11) is -1.53. The van der Waals surface area contributed by atoms with Gasteiger partial charge in [-0.05, 0) is 62.5 Å². The van der Waals surface area contributed by atoms with Crippen LogP contribution < -0.4 is 10.6 Å². The number of pyridine rings is 1. The predicted octanol–water partition coefficient (Wildman–Crippen LogP) is 3.06. The van der Waals surface area contributed by atoms with Gasteiger partial charge in [-0.25, -0.2) is 28.4 Å². The summed E-state index contributed by atoms with van der Waals surface area (Å²) in [6.07, 6.45) is 3.28. The molecule has 1 fully saturated rings. The van der Waals surface area contributed by atoms with Crippen LogP contribution in [0.4, 0.5) is 23.3 Å². The van der Waals surface area contributed by atoms with Crippen LogP contribution >= 0.6 is 0 Å². The van der Waals surface area contributed by atoms with Crippen molar-refractivity contribution in [1.29, 1.82) is 0 Å². The molecule has 0 aliphatic carbocycles. The monoisotopic (exact) mass is 517 g/mol. The summed E-state index contributed by atoms with van der Waals surface area (Å²) < 4.78 is 27.4. The lowest BCUT2D eigenvalue weighted by Crippen LogP contribution is -2.46. The van der Waals surface area contributed by atoms with E-state index in [1.807, 2.05) is 32.2 Å². The van der Waals surface area contributed by atoms with Crippen LogP contribution in [0.5, 0.6) is 0 Å². The second-order valence-corrected chi connectivity index (χ2v) is 10.6. The zero-order valence-electron chi connectivity index (χ0n) is 20.5. The number of sulfonamides is 1. The molecule has 5 rings (SSSR count). The van der Waals surface area contributed by atoms with E-state index < -0.39 is 10.0 Å². The highest BCUT2D eigenvalue weighted by Crippen LogP contribution is 2.22. The smallest absolute Gasteiger partial charge is 0.243 e. The Labute approximate surface area is 215 Å². The Kier molecular flexibility index (Phi) is 7.04. The molecule has 0 bridgehead atoms. The average Bonchev–Trinajstić information content (AvgIpc) is 2.90. The average molecular weight is 518 g/mol. The van der Waals surface area contributed by atoms with E-state index in [0.29, 0.717) is 47.9 Å². The van der Waals surface area contributed by atoms with Crippen molar-refractivity contribution in [2.45, 2.75) is 11.8 Å². The van der Waals surface area contributed by atoms with Gasteiger partial charge in [0.2, 0.25) is 16.0 Å². The number of benzene rings is 1. The SMILES string of the molecule is Cc1cccc(-c2nccc(Nc3ccnc(Nc4ccc(S(=O)(=O)N5CCN(C)CC5)cc4)n3)n2)n1. The second kappa shape index (κ2) is 10.5. The van der Waals surface area contributed by atoms with Gasteiger partial charge in [0.25, 0.3) is 0 Å². The molecule has 190 valence electrons. The minimum absolute atomic E-state index is 0.265. The number of likely N-dealkylation sites (N-methyl/N-ethyl adjacent to an activating group) is 1. The first kappa shape index (κ1) is 24.7. The van der Waals surface area contributed by atoms with E-state index in [1.54, 1.807) is 48.8 Å². The van der Waals surface area contributed by atoms with Crippen molar-refractivity contribution in [2.24, 2.45) is 0 Å². The van der Waals surface area contributed by atoms with Crippen LogP contribution in [0.25, 0.3) is 11.5 Å². The van der Waals surface area contributed by atoms with E-state index in [-0.39, 0.29) is 4.90 Å². The molecular weight excluding hydrogens is 490 g/mol. The number of aromatic nitrogens is 5. The quantitative estimate of drug-likeness (QED) is 0.377. The van der Waals surface area contributed by atoms with Gasteiger partial charge in [0.15, 0.2) is 5.82 Å². The fraction of sp³-hybridized carbons (Fsp3) is 0.240. The number of hydrogen-bond donors (Lipinski definition) is 2. The summed E-state index contributed by atoms with van der Waals surface area (Å²) in [6, 6.07) is 15.8. The van der Waals surface area contributed by atoms with Crippen LogP contribution in [0.15, 0.2) is 71.9 Å². The van der Waals surface area contributed by atoms with Crippen LogP contribution in [0.2, 0.25) is 0 Å². The molecule has 0 amide bonds. The van der Waals surface area contributed by atoms with Crippen LogP contribution in [-0.4, -0.2) is 75.8 Å². The highest BCUT2D eigenvalue weighted by atomic mass is 32.2. The van der Waals surface area contributed by atoms with Gasteiger partial charge in [-0.3, -0.25) is 0 Å². The molecule has 2 N–H and O–H groups in total. The summed E-state index contributed by atoms with van der Waals surface area (Å²) in [4.78, 5) is 24.5. The lowest BCUT2D eigenvalue weighted by molar-refractivity contribution is 0.222. The van der Waals surface area contributed by atoms with Crippen molar-refractivity contribution >= 4 is 33.3 Å². The molecule has 1 saturated heterocycles. The van der Waals surface area contributed by atoms with Crippen molar-refractivity contribution in [3.63, 3.8) is 0 Å². The Morgan fingerprint density at radius 3 is 2.22 bits per heavy atom. The van der Waals surface area contributed by atoms with Crippen molar-refractivity contribution in [1.82, 2.24) is 34.1 Å². The van der Waals surface area contributed by atoms with Crippen molar-refractivity contribution in [3.05, 3.63) is 72.7 Å². The summed E-state index contributed by atoms with van der Waals surface area (Å²) in [5.74, 6) is 1.96. The fourth-order valence-electron chi connectivity index (χ4n) is 3.86. The Morgan fingerprint density at radius 2 is 1.49 bits per heavy atom. The Balaban J connectivity index is 1.27. The summed E-state index contributed by atoms with van der Waals surface area (Å²) >= 11 is 0. The minimum atomic E-state index is -3.52. The molecule has 0 radical (unpaired) electrons. The summed E-state index contributed by atoms with van der Waals surface area (Å²) in [5.41, 5.74) is 2.24. The normalized spacial score (nSPS) is 14.9. The molecule has 3 aromatic heterocycles. The molecule has 0 unspecified atom stereocenters. The van der Waals surface area contributed by atoms with Gasteiger partial charge >= 0.3 is 0 Å². The first-order valence-corrected chi connectivity index (χ1v) is 13.2. The zero-order valence-corrected chi connectivity index (χ0v) is 21.4. The standard InChI is InChI=1S/C25H27N9O2S/c1-18-4-3-5-21(28-18)24-26-12-10-22(31-24)30-23-11-13-27-25(32-23)29-19-6-8-20(9-7-19)37(35,36)34-16-14-33(2)15-17-34/h3-13H,14-17H2,1-2H3,(H2,26,27,29,30,31,32). The molecule has 0 atom stereocenters. The Bertz CT molecular complexity index is 1490. The molecule has 1 aromatic carbocycles. The third-order valence-electron chi connectivity index (χ3n) is 5.90. The molecule has 1 aliphatic heterocycles. The van der Waals surface area contributed by atoms with Gasteiger partial charge < -0.3 is 15.5 Å². The summed E-state index contributed by atoms with van der Waals surface area (Å²) in [5, 5.41) is 6.28. The first-order chi connectivity index (χ1) is 17.9. The van der Waals surface area contributed by atoms with E-state index in [1.165, 1.54) is 4.31 Å². The lowest BCUT2D eigenvalue weighted by atomic mass is 10.3. The summed E-state index contributed by atoms with van der Waals surface area (Å²) in [6.45, 7) is 4.34. The third kappa shape index (κ3) is 5.88. The van der Waals surface area contributed by atoms with E-state index in [2.05, 4.69) is 40.5 Å². The topological polar surface area (TPSA) is 129 Å². The maximum Gasteiger partial charge on any atom is 0.243 e. The number of nitrogens with zero attached hydrogens (tertiary/aromatic N) is 7. The molecule has 4 aromatic rings. The van der Waals surface area contributed by atoms with Crippen LogP contribution in [0, 0.1) is 6.92 Å². The molecule has 12 heteroatoms. The van der Waals surface area contributed by atoms with Crippen molar-refractivity contribution < 1.29 is 8.42 Å². The third-order valence-corrected chi connectivity index (χ3v) is 7.81. The minimum Gasteiger partial charge on any atom is -0.325 e. The van der Waals surface area contributed by atoms with E-state index in [9.17, 15) is 8.42 Å². The Morgan fingerprint density at radius 1 is 0.784 bits per heavy atom. The largest absolute Gasteiger partial charge is 0.325 e. The number of aryl methyl sites for hydroxylation is 1. The molecule has 4 heterocycles. The van der Waals surface area contributed by atoms with Gasteiger partial charge in [0.05, 0.1) is 4.90 Å². The van der Waals surface area contributed by atoms with E-state index >= 15 is 0 Å². The first-order valence-electron chi connectivity index (χ1n) is 11.8. The van der Waals surface area contributed by atoms with Gasteiger partial charge in [-0.1, -0.05) is 6.07 Å². The maximum atomic E-state index is 13.0. The Hall–Kier alpha value is -4.00. The molecule has 1 aliphatic rings. The van der Waals surface area contributed by atoms with Gasteiger partial charge in [-0.2, -0.15) is 9.29 Å². The lowest BCUT2D eigenvalue weighted by Gasteiger charge is -2.31. The number of hydrogen-bond acceptors (Lipinski definition) is 10.